The fraction of sp³-hybridized carbons (Fsp3) is 0.818. The van der Waals surface area contributed by atoms with Crippen LogP contribution in [0.5, 0.6) is 0 Å². The molecule has 0 aromatic heterocycles. The summed E-state index contributed by atoms with van der Waals surface area (Å²) in [6.07, 6.45) is 3.30. The third-order valence-electron chi connectivity index (χ3n) is 3.01. The van der Waals surface area contributed by atoms with E-state index in [9.17, 15) is 4.79 Å². The van der Waals surface area contributed by atoms with Gasteiger partial charge in [-0.3, -0.25) is 0 Å². The third-order valence-corrected chi connectivity index (χ3v) is 4.94. The van der Waals surface area contributed by atoms with Gasteiger partial charge in [-0.05, 0) is 32.9 Å². The number of hydrogen-bond donors (Lipinski definition) is 1. The van der Waals surface area contributed by atoms with E-state index in [0.717, 1.165) is 12.8 Å². The Morgan fingerprint density at radius 3 is 2.35 bits per heavy atom. The van der Waals surface area contributed by atoms with Crippen molar-refractivity contribution in [3.63, 3.8) is 0 Å². The van der Waals surface area contributed by atoms with Gasteiger partial charge in [0.2, 0.25) is 0 Å². The first-order valence-corrected chi connectivity index (χ1v) is 7.35. The lowest BCUT2D eigenvalue weighted by atomic mass is 9.96. The van der Waals surface area contributed by atoms with E-state index >= 15 is 0 Å². The fourth-order valence-electron chi connectivity index (χ4n) is 1.88. The minimum absolute atomic E-state index is 0.0784. The molecule has 98 valence electrons. The fourth-order valence-corrected chi connectivity index (χ4v) is 3.12. The van der Waals surface area contributed by atoms with Crippen molar-refractivity contribution < 1.29 is 9.53 Å². The van der Waals surface area contributed by atoms with E-state index in [1.807, 2.05) is 20.1 Å². The number of carbonyl (C=O) groups excluding carboxylic acids is 1. The van der Waals surface area contributed by atoms with Crippen molar-refractivity contribution >= 4 is 35.1 Å². The molecule has 2 N–H and O–H groups in total. The van der Waals surface area contributed by atoms with Crippen LogP contribution in [0.25, 0.3) is 0 Å². The molecule has 6 heteroatoms. The van der Waals surface area contributed by atoms with Gasteiger partial charge in [-0.25, -0.2) is 4.79 Å². The van der Waals surface area contributed by atoms with Crippen molar-refractivity contribution in [1.82, 2.24) is 4.90 Å². The summed E-state index contributed by atoms with van der Waals surface area (Å²) in [5.41, 5.74) is 5.79. The average molecular weight is 276 g/mol. The van der Waals surface area contributed by atoms with E-state index in [1.165, 1.54) is 0 Å². The zero-order chi connectivity index (χ0) is 13.1. The summed E-state index contributed by atoms with van der Waals surface area (Å²) in [4.78, 5) is 14.0. The van der Waals surface area contributed by atoms with Crippen LogP contribution in [0.2, 0.25) is 0 Å². The van der Waals surface area contributed by atoms with Crippen LogP contribution in [0, 0.1) is 0 Å². The van der Waals surface area contributed by atoms with E-state index in [4.69, 9.17) is 22.7 Å². The van der Waals surface area contributed by atoms with Gasteiger partial charge >= 0.3 is 6.09 Å². The molecule has 0 bridgehead atoms. The molecule has 1 amide bonds. The maximum absolute atomic E-state index is 11.7. The first-order valence-electron chi connectivity index (χ1n) is 5.72. The van der Waals surface area contributed by atoms with Crippen molar-refractivity contribution in [2.24, 2.45) is 5.73 Å². The molecule has 0 aliphatic carbocycles. The number of amides is 1. The Bertz CT molecular complexity index is 300. The summed E-state index contributed by atoms with van der Waals surface area (Å²) < 4.78 is 5.02. The van der Waals surface area contributed by atoms with Crippen molar-refractivity contribution in [2.45, 2.75) is 37.5 Å². The van der Waals surface area contributed by atoms with Crippen molar-refractivity contribution in [1.29, 1.82) is 0 Å². The molecule has 1 rings (SSSR count). The predicted molar refractivity (Wildman–Crippen MR) is 75.5 cm³/mol. The molecule has 0 aromatic rings. The van der Waals surface area contributed by atoms with E-state index in [2.05, 4.69) is 0 Å². The number of ether oxygens (including phenoxy) is 1. The van der Waals surface area contributed by atoms with Crippen molar-refractivity contribution in [3.05, 3.63) is 0 Å². The lowest BCUT2D eigenvalue weighted by molar-refractivity contribution is 0.0702. The summed E-state index contributed by atoms with van der Waals surface area (Å²) in [5, 5.41) is 0. The highest BCUT2D eigenvalue weighted by atomic mass is 32.2. The number of nitrogens with zero attached hydrogens (tertiary/aromatic N) is 1. The van der Waals surface area contributed by atoms with Gasteiger partial charge in [0.15, 0.2) is 0 Å². The molecule has 0 unspecified atom stereocenters. The Kier molecular flexibility index (Phi) is 5.06. The Hall–Kier alpha value is -0.490. The van der Waals surface area contributed by atoms with Crippen LogP contribution < -0.4 is 5.73 Å². The van der Waals surface area contributed by atoms with E-state index in [0.29, 0.717) is 18.1 Å². The molecule has 0 aromatic carbocycles. The quantitative estimate of drug-likeness (QED) is 0.799. The summed E-state index contributed by atoms with van der Waals surface area (Å²) in [7, 11) is 0. The molecule has 1 heterocycles. The van der Waals surface area contributed by atoms with Crippen LogP contribution >= 0.6 is 24.0 Å². The maximum Gasteiger partial charge on any atom is 0.410 e. The molecule has 1 aliphatic rings. The number of thioether (sulfide) groups is 1. The van der Waals surface area contributed by atoms with Gasteiger partial charge in [-0.2, -0.15) is 11.8 Å². The molecule has 1 saturated heterocycles. The van der Waals surface area contributed by atoms with Gasteiger partial charge in [-0.1, -0.05) is 12.2 Å². The highest BCUT2D eigenvalue weighted by Crippen LogP contribution is 2.35. The molecule has 4 nitrogen and oxygen atoms in total. The molecule has 0 atom stereocenters. The van der Waals surface area contributed by atoms with Crippen molar-refractivity contribution in [2.75, 3.05) is 19.3 Å². The summed E-state index contributed by atoms with van der Waals surface area (Å²) in [5.74, 6) is 0. The van der Waals surface area contributed by atoms with Crippen LogP contribution in [0.3, 0.4) is 0 Å². The Balaban J connectivity index is 2.55. The minimum Gasteiger partial charge on any atom is -0.447 e. The third kappa shape index (κ3) is 3.48. The standard InChI is InChI=1S/C11H20N2O2S2/c1-8(2)15-10(14)13-6-4-11(17-3,5-7-13)9(12)16/h8H,4-7H2,1-3H3,(H2,12,16). The van der Waals surface area contributed by atoms with E-state index < -0.39 is 0 Å². The Morgan fingerprint density at radius 1 is 1.47 bits per heavy atom. The molecule has 1 fully saturated rings. The molecule has 1 aliphatic heterocycles. The molecule has 0 spiro atoms. The maximum atomic E-state index is 11.7. The van der Waals surface area contributed by atoms with Gasteiger partial charge in [0.1, 0.15) is 0 Å². The highest BCUT2D eigenvalue weighted by molar-refractivity contribution is 8.02. The Morgan fingerprint density at radius 2 is 2.00 bits per heavy atom. The number of likely N-dealkylation sites (tertiary alicyclic amines) is 1. The van der Waals surface area contributed by atoms with Crippen LogP contribution in [0.4, 0.5) is 4.79 Å². The summed E-state index contributed by atoms with van der Waals surface area (Å²) >= 11 is 6.81. The lowest BCUT2D eigenvalue weighted by Gasteiger charge is -2.39. The van der Waals surface area contributed by atoms with Gasteiger partial charge in [-0.15, -0.1) is 0 Å². The zero-order valence-corrected chi connectivity index (χ0v) is 12.2. The van der Waals surface area contributed by atoms with Crippen LogP contribution in [-0.4, -0.2) is 46.2 Å². The van der Waals surface area contributed by atoms with Crippen molar-refractivity contribution in [3.8, 4) is 0 Å². The van der Waals surface area contributed by atoms with Crippen LogP contribution in [0.15, 0.2) is 0 Å². The topological polar surface area (TPSA) is 55.6 Å². The van der Waals surface area contributed by atoms with E-state index in [-0.39, 0.29) is 16.9 Å². The first-order chi connectivity index (χ1) is 7.91. The Labute approximate surface area is 112 Å². The SMILES string of the molecule is CSC1(C(N)=S)CCN(C(=O)OC(C)C)CC1. The second-order valence-electron chi connectivity index (χ2n) is 4.48. The zero-order valence-electron chi connectivity index (χ0n) is 10.6. The predicted octanol–water partition coefficient (Wildman–Crippen LogP) is 2.02. The highest BCUT2D eigenvalue weighted by Gasteiger charge is 2.38. The number of piperidine rings is 1. The number of nitrogens with two attached hydrogens (primary N) is 1. The number of hydrogen-bond acceptors (Lipinski definition) is 4. The van der Waals surface area contributed by atoms with Gasteiger partial charge in [0, 0.05) is 13.1 Å². The van der Waals surface area contributed by atoms with Gasteiger partial charge in [0.25, 0.3) is 0 Å². The molecular weight excluding hydrogens is 256 g/mol. The van der Waals surface area contributed by atoms with Crippen LogP contribution in [0.1, 0.15) is 26.7 Å². The lowest BCUT2D eigenvalue weighted by Crippen LogP contribution is -2.51. The number of carbonyl (C=O) groups is 1. The molecule has 0 radical (unpaired) electrons. The number of thiocarbonyl (C=S) groups is 1. The van der Waals surface area contributed by atoms with Crippen LogP contribution in [-0.2, 0) is 4.74 Å². The van der Waals surface area contributed by atoms with Gasteiger partial charge in [0.05, 0.1) is 15.8 Å². The molecular formula is C11H20N2O2S2. The summed E-state index contributed by atoms with van der Waals surface area (Å²) in [6, 6.07) is 0. The second-order valence-corrected chi connectivity index (χ2v) is 6.11. The van der Waals surface area contributed by atoms with E-state index in [1.54, 1.807) is 16.7 Å². The largest absolute Gasteiger partial charge is 0.447 e. The first kappa shape index (κ1) is 14.6. The molecule has 0 saturated carbocycles. The summed E-state index contributed by atoms with van der Waals surface area (Å²) in [6.45, 7) is 5.01. The second kappa shape index (κ2) is 5.91. The molecule has 17 heavy (non-hydrogen) atoms. The monoisotopic (exact) mass is 276 g/mol. The number of rotatable bonds is 3. The average Bonchev–Trinajstić information content (AvgIpc) is 2.28. The van der Waals surface area contributed by atoms with Gasteiger partial charge < -0.3 is 15.4 Å². The smallest absolute Gasteiger partial charge is 0.410 e. The normalized spacial score (nSPS) is 19.2. The minimum atomic E-state index is -0.238.